The van der Waals surface area contributed by atoms with E-state index in [1.807, 2.05) is 0 Å². The third-order valence-electron chi connectivity index (χ3n) is 3.78. The van der Waals surface area contributed by atoms with Crippen LogP contribution in [0.25, 0.3) is 0 Å². The first-order valence-corrected chi connectivity index (χ1v) is 10.1. The zero-order valence-electron chi connectivity index (χ0n) is 13.5. The molecule has 0 amide bonds. The van der Waals surface area contributed by atoms with Gasteiger partial charge in [0.25, 0.3) is 0 Å². The average molecular weight is 431 g/mol. The summed E-state index contributed by atoms with van der Waals surface area (Å²) < 4.78 is 30.4. The summed E-state index contributed by atoms with van der Waals surface area (Å²) in [5, 5.41) is 0.628. The van der Waals surface area contributed by atoms with Gasteiger partial charge in [0, 0.05) is 24.5 Å². The third kappa shape index (κ3) is 3.89. The maximum absolute atomic E-state index is 13.0. The molecule has 0 spiro atoms. The molecule has 26 heavy (non-hydrogen) atoms. The summed E-state index contributed by atoms with van der Waals surface area (Å²) in [6.45, 7) is 0. The van der Waals surface area contributed by atoms with E-state index in [9.17, 15) is 8.42 Å². The molecular weight excluding hydrogens is 417 g/mol. The number of rotatable bonds is 5. The van der Waals surface area contributed by atoms with Crippen molar-refractivity contribution in [3.05, 3.63) is 81.3 Å². The van der Waals surface area contributed by atoms with E-state index in [0.717, 1.165) is 0 Å². The Morgan fingerprint density at radius 1 is 1.04 bits per heavy atom. The number of hydrogen-bond acceptors (Lipinski definition) is 3. The highest BCUT2D eigenvalue weighted by molar-refractivity contribution is 7.89. The number of aromatic nitrogens is 2. The van der Waals surface area contributed by atoms with Gasteiger partial charge in [-0.05, 0) is 29.8 Å². The number of imidazole rings is 1. The molecule has 3 aromatic rings. The summed E-state index contributed by atoms with van der Waals surface area (Å²) >= 11 is 18.1. The number of aryl methyl sites for hydroxylation is 1. The maximum atomic E-state index is 13.0. The Labute approximate surface area is 166 Å². The number of hydrogen-bond donors (Lipinski definition) is 1. The van der Waals surface area contributed by atoms with E-state index in [0.29, 0.717) is 16.4 Å². The van der Waals surface area contributed by atoms with Gasteiger partial charge < -0.3 is 4.57 Å². The van der Waals surface area contributed by atoms with Gasteiger partial charge in [-0.15, -0.1) is 0 Å². The molecule has 3 rings (SSSR count). The molecule has 1 heterocycles. The van der Waals surface area contributed by atoms with Crippen molar-refractivity contribution in [1.82, 2.24) is 14.3 Å². The van der Waals surface area contributed by atoms with Crippen molar-refractivity contribution in [2.45, 2.75) is 10.9 Å². The van der Waals surface area contributed by atoms with E-state index in [1.165, 1.54) is 12.1 Å². The monoisotopic (exact) mass is 429 g/mol. The van der Waals surface area contributed by atoms with E-state index in [1.54, 1.807) is 54.3 Å². The van der Waals surface area contributed by atoms with Crippen LogP contribution in [0.4, 0.5) is 0 Å². The minimum atomic E-state index is -4.02. The summed E-state index contributed by atoms with van der Waals surface area (Å²) in [6, 6.07) is 10.6. The van der Waals surface area contributed by atoms with Gasteiger partial charge in [-0.3, -0.25) is 0 Å². The zero-order chi connectivity index (χ0) is 18.9. The average Bonchev–Trinajstić information content (AvgIpc) is 2.99. The van der Waals surface area contributed by atoms with Crippen LogP contribution in [0.1, 0.15) is 17.4 Å². The lowest BCUT2D eigenvalue weighted by Crippen LogP contribution is -2.31. The molecule has 0 bridgehead atoms. The lowest BCUT2D eigenvalue weighted by atomic mass is 10.1. The first-order chi connectivity index (χ1) is 12.3. The van der Waals surface area contributed by atoms with Gasteiger partial charge >= 0.3 is 0 Å². The Hall–Kier alpha value is -1.57. The summed E-state index contributed by atoms with van der Waals surface area (Å²) in [7, 11) is -2.24. The van der Waals surface area contributed by atoms with Crippen molar-refractivity contribution in [2.75, 3.05) is 0 Å². The molecule has 136 valence electrons. The van der Waals surface area contributed by atoms with Crippen molar-refractivity contribution in [3.8, 4) is 0 Å². The highest BCUT2D eigenvalue weighted by Crippen LogP contribution is 2.31. The summed E-state index contributed by atoms with van der Waals surface area (Å²) in [5.74, 6) is 0.513. The van der Waals surface area contributed by atoms with E-state index in [-0.39, 0.29) is 14.9 Å². The van der Waals surface area contributed by atoms with Crippen LogP contribution in [-0.4, -0.2) is 18.0 Å². The second-order valence-electron chi connectivity index (χ2n) is 5.55. The lowest BCUT2D eigenvalue weighted by molar-refractivity contribution is 0.563. The lowest BCUT2D eigenvalue weighted by Gasteiger charge is -2.20. The third-order valence-corrected chi connectivity index (χ3v) is 6.41. The Balaban J connectivity index is 2.09. The summed E-state index contributed by atoms with van der Waals surface area (Å²) in [4.78, 5) is 4.10. The molecule has 1 atom stereocenters. The van der Waals surface area contributed by atoms with Gasteiger partial charge in [-0.25, -0.2) is 13.4 Å². The number of nitrogens with one attached hydrogen (secondary N) is 1. The second kappa shape index (κ2) is 7.58. The van der Waals surface area contributed by atoms with Crippen LogP contribution in [-0.2, 0) is 17.1 Å². The highest BCUT2D eigenvalue weighted by atomic mass is 35.5. The van der Waals surface area contributed by atoms with Crippen LogP contribution in [0.3, 0.4) is 0 Å². The van der Waals surface area contributed by atoms with Gasteiger partial charge in [0.05, 0.1) is 10.0 Å². The van der Waals surface area contributed by atoms with Gasteiger partial charge in [0.1, 0.15) is 16.8 Å². The van der Waals surface area contributed by atoms with Crippen LogP contribution >= 0.6 is 34.8 Å². The van der Waals surface area contributed by atoms with Crippen LogP contribution < -0.4 is 4.72 Å². The molecule has 0 radical (unpaired) electrons. The van der Waals surface area contributed by atoms with Crippen LogP contribution in [0.2, 0.25) is 15.1 Å². The molecule has 5 nitrogen and oxygen atoms in total. The Kier molecular flexibility index (Phi) is 5.60. The molecule has 0 fully saturated rings. The molecule has 1 aromatic heterocycles. The summed E-state index contributed by atoms with van der Waals surface area (Å²) in [6.07, 6.45) is 3.32. The van der Waals surface area contributed by atoms with Crippen molar-refractivity contribution in [2.24, 2.45) is 7.05 Å². The van der Waals surface area contributed by atoms with Crippen molar-refractivity contribution in [3.63, 3.8) is 0 Å². The van der Waals surface area contributed by atoms with Gasteiger partial charge in [-0.2, -0.15) is 4.72 Å². The number of nitrogens with zero attached hydrogens (tertiary/aromatic N) is 2. The first kappa shape index (κ1) is 19.2. The molecule has 1 N–H and O–H groups in total. The predicted molar refractivity (Wildman–Crippen MR) is 103 cm³/mol. The molecule has 0 aliphatic carbocycles. The fourth-order valence-electron chi connectivity index (χ4n) is 2.53. The minimum absolute atomic E-state index is 0.0414. The largest absolute Gasteiger partial charge is 0.336 e. The Morgan fingerprint density at radius 2 is 1.65 bits per heavy atom. The molecule has 1 unspecified atom stereocenters. The Morgan fingerprint density at radius 3 is 2.19 bits per heavy atom. The van der Waals surface area contributed by atoms with Gasteiger partial charge in [-0.1, -0.05) is 53.0 Å². The van der Waals surface area contributed by atoms with Crippen LogP contribution in [0.5, 0.6) is 0 Å². The predicted octanol–water partition coefficient (Wildman–Crippen LogP) is 4.45. The van der Waals surface area contributed by atoms with E-state index >= 15 is 0 Å². The SMILES string of the molecule is Cn1ccnc1C(NS(=O)(=O)c1c(Cl)cccc1Cl)c1ccc(Cl)cc1. The van der Waals surface area contributed by atoms with E-state index in [2.05, 4.69) is 9.71 Å². The van der Waals surface area contributed by atoms with Gasteiger partial charge in [0.2, 0.25) is 10.0 Å². The molecule has 0 aliphatic rings. The molecule has 9 heteroatoms. The first-order valence-electron chi connectivity index (χ1n) is 7.48. The standard InChI is InChI=1S/C17H14Cl3N3O2S/c1-23-10-9-21-17(23)15(11-5-7-12(18)8-6-11)22-26(24,25)16-13(19)3-2-4-14(16)20/h2-10,15,22H,1H3. The molecule has 2 aromatic carbocycles. The number of sulfonamides is 1. The smallest absolute Gasteiger partial charge is 0.244 e. The molecule has 0 aliphatic heterocycles. The molecule has 0 saturated carbocycles. The van der Waals surface area contributed by atoms with E-state index < -0.39 is 16.1 Å². The fraction of sp³-hybridized carbons (Fsp3) is 0.118. The molecule has 0 saturated heterocycles. The minimum Gasteiger partial charge on any atom is -0.336 e. The Bertz CT molecular complexity index is 1010. The zero-order valence-corrected chi connectivity index (χ0v) is 16.6. The van der Waals surface area contributed by atoms with E-state index in [4.69, 9.17) is 34.8 Å². The topological polar surface area (TPSA) is 64.0 Å². The fourth-order valence-corrected chi connectivity index (χ4v) is 4.99. The quantitative estimate of drug-likeness (QED) is 0.650. The van der Waals surface area contributed by atoms with Crippen LogP contribution in [0.15, 0.2) is 59.8 Å². The second-order valence-corrected chi connectivity index (χ2v) is 8.45. The summed E-state index contributed by atoms with van der Waals surface area (Å²) in [5.41, 5.74) is 0.676. The van der Waals surface area contributed by atoms with Crippen molar-refractivity contribution in [1.29, 1.82) is 0 Å². The normalized spacial score (nSPS) is 12.9. The number of halogens is 3. The van der Waals surface area contributed by atoms with Crippen molar-refractivity contribution < 1.29 is 8.42 Å². The van der Waals surface area contributed by atoms with Crippen LogP contribution in [0, 0.1) is 0 Å². The number of benzene rings is 2. The van der Waals surface area contributed by atoms with Crippen molar-refractivity contribution >= 4 is 44.8 Å². The highest BCUT2D eigenvalue weighted by Gasteiger charge is 2.28. The molecular formula is C17H14Cl3N3O2S. The van der Waals surface area contributed by atoms with Gasteiger partial charge in [0.15, 0.2) is 0 Å². The maximum Gasteiger partial charge on any atom is 0.244 e.